The number of carbonyl (C=O) groups excluding carboxylic acids is 1. The predicted octanol–water partition coefficient (Wildman–Crippen LogP) is 4.19. The largest absolute Gasteiger partial charge is 0.331 e. The number of halogens is 3. The molecule has 1 aliphatic carbocycles. The summed E-state index contributed by atoms with van der Waals surface area (Å²) >= 11 is 0.636. The van der Waals surface area contributed by atoms with E-state index < -0.39 is 37.7 Å². The Morgan fingerprint density at radius 3 is 2.49 bits per heavy atom. The van der Waals surface area contributed by atoms with E-state index in [4.69, 9.17) is 0 Å². The summed E-state index contributed by atoms with van der Waals surface area (Å²) in [5, 5.41) is 7.84. The smallest absolute Gasteiger partial charge is 0.319 e. The van der Waals surface area contributed by atoms with E-state index in [0.29, 0.717) is 66.6 Å². The third-order valence-electron chi connectivity index (χ3n) is 7.64. The number of piperidine rings is 1. The van der Waals surface area contributed by atoms with Crippen molar-refractivity contribution in [1.29, 1.82) is 0 Å². The monoisotopic (exact) mass is 608 g/mol. The molecule has 1 aliphatic heterocycles. The fourth-order valence-corrected chi connectivity index (χ4v) is 7.53. The second-order valence-electron chi connectivity index (χ2n) is 10.9. The number of amides is 2. The molecule has 41 heavy (non-hydrogen) atoms. The molecule has 2 amide bonds. The highest BCUT2D eigenvalue weighted by Crippen LogP contribution is 2.41. The minimum absolute atomic E-state index is 0.0356. The van der Waals surface area contributed by atoms with Gasteiger partial charge in [-0.05, 0) is 44.7 Å². The summed E-state index contributed by atoms with van der Waals surface area (Å²) < 4.78 is 72.9. The van der Waals surface area contributed by atoms with E-state index in [0.717, 1.165) is 6.07 Å². The number of alkyl halides is 2. The first kappa shape index (κ1) is 27.8. The van der Waals surface area contributed by atoms with Crippen molar-refractivity contribution in [1.82, 2.24) is 39.3 Å². The molecule has 16 heteroatoms. The topological polar surface area (TPSA) is 126 Å². The van der Waals surface area contributed by atoms with Gasteiger partial charge in [-0.1, -0.05) is 11.3 Å². The van der Waals surface area contributed by atoms with Crippen LogP contribution in [0, 0.1) is 5.82 Å². The molecule has 2 fully saturated rings. The molecule has 1 saturated heterocycles. The van der Waals surface area contributed by atoms with E-state index in [1.165, 1.54) is 21.9 Å². The molecule has 0 atom stereocenters. The summed E-state index contributed by atoms with van der Waals surface area (Å²) in [4.78, 5) is 24.1. The Kier molecular flexibility index (Phi) is 6.69. The van der Waals surface area contributed by atoms with Crippen molar-refractivity contribution in [2.24, 2.45) is 0 Å². The number of nitrogens with zero attached hydrogens (tertiary/aromatic N) is 7. The summed E-state index contributed by atoms with van der Waals surface area (Å²) in [5.41, 5.74) is 0.458. The lowest BCUT2D eigenvalue weighted by Gasteiger charge is -2.33. The summed E-state index contributed by atoms with van der Waals surface area (Å²) in [6.07, 6.45) is 0.925. The van der Waals surface area contributed by atoms with Gasteiger partial charge in [0.1, 0.15) is 17.0 Å². The maximum atomic E-state index is 15.6. The lowest BCUT2D eigenvalue weighted by Crippen LogP contribution is -2.43. The highest BCUT2D eigenvalue weighted by atomic mass is 32.2. The number of carbonyl (C=O) groups is 1. The molecule has 2 aliphatic rings. The van der Waals surface area contributed by atoms with Crippen molar-refractivity contribution in [3.8, 4) is 5.13 Å². The Labute approximate surface area is 237 Å². The van der Waals surface area contributed by atoms with E-state index in [9.17, 15) is 22.0 Å². The maximum absolute atomic E-state index is 15.6. The number of fused-ring (bicyclic) bond motifs is 3. The molecule has 218 valence electrons. The number of nitrogens with one attached hydrogen (secondary N) is 1. The average Bonchev–Trinajstić information content (AvgIpc) is 3.32. The van der Waals surface area contributed by atoms with Gasteiger partial charge in [-0.15, -0.1) is 10.2 Å². The van der Waals surface area contributed by atoms with Crippen molar-refractivity contribution in [3.05, 3.63) is 35.0 Å². The molecule has 4 aromatic rings. The predicted molar refractivity (Wildman–Crippen MR) is 145 cm³/mol. The number of sulfonamides is 1. The van der Waals surface area contributed by atoms with Crippen LogP contribution in [0.2, 0.25) is 0 Å². The van der Waals surface area contributed by atoms with Gasteiger partial charge in [0.2, 0.25) is 15.2 Å². The van der Waals surface area contributed by atoms with Crippen LogP contribution in [0.4, 0.5) is 18.0 Å². The third-order valence-corrected chi connectivity index (χ3v) is 10.2. The van der Waals surface area contributed by atoms with Crippen LogP contribution in [0.1, 0.15) is 55.7 Å². The molecule has 4 heterocycles. The zero-order valence-corrected chi connectivity index (χ0v) is 24.1. The molecule has 1 aromatic carbocycles. The van der Waals surface area contributed by atoms with Gasteiger partial charge in [0.15, 0.2) is 10.7 Å². The molecule has 1 N–H and O–H groups in total. The minimum atomic E-state index is -4.24. The molecular formula is C25H27F3N8O3S2. The first-order valence-corrected chi connectivity index (χ1v) is 15.3. The van der Waals surface area contributed by atoms with Gasteiger partial charge in [0.25, 0.3) is 6.43 Å². The fourth-order valence-electron chi connectivity index (χ4n) is 5.27. The lowest BCUT2D eigenvalue weighted by molar-refractivity contribution is 0.150. The number of rotatable bonds is 6. The highest BCUT2D eigenvalue weighted by Gasteiger charge is 2.42. The van der Waals surface area contributed by atoms with Gasteiger partial charge < -0.3 is 9.80 Å². The van der Waals surface area contributed by atoms with E-state index in [-0.39, 0.29) is 28.2 Å². The van der Waals surface area contributed by atoms with Crippen LogP contribution in [0.15, 0.2) is 23.4 Å². The van der Waals surface area contributed by atoms with Crippen molar-refractivity contribution in [3.63, 3.8) is 0 Å². The van der Waals surface area contributed by atoms with Crippen LogP contribution in [-0.4, -0.2) is 81.7 Å². The second-order valence-corrected chi connectivity index (χ2v) is 13.6. The van der Waals surface area contributed by atoms with E-state index >= 15 is 4.39 Å². The fraction of sp³-hybridized carbons (Fsp3) is 0.480. The number of hydrogen-bond donors (Lipinski definition) is 1. The van der Waals surface area contributed by atoms with Crippen molar-refractivity contribution >= 4 is 49.3 Å². The Bertz CT molecular complexity index is 1780. The van der Waals surface area contributed by atoms with Crippen LogP contribution in [-0.2, 0) is 10.0 Å². The normalized spacial score (nSPS) is 17.6. The molecule has 0 radical (unpaired) electrons. The molecule has 11 nitrogen and oxygen atoms in total. The van der Waals surface area contributed by atoms with Crippen molar-refractivity contribution in [2.75, 3.05) is 27.2 Å². The molecular weight excluding hydrogens is 581 g/mol. The third kappa shape index (κ3) is 4.91. The van der Waals surface area contributed by atoms with Gasteiger partial charge in [-0.25, -0.2) is 41.1 Å². The minimum Gasteiger partial charge on any atom is -0.331 e. The lowest BCUT2D eigenvalue weighted by atomic mass is 9.91. The van der Waals surface area contributed by atoms with E-state index in [1.807, 2.05) is 0 Å². The van der Waals surface area contributed by atoms with Crippen LogP contribution in [0.25, 0.3) is 27.1 Å². The Morgan fingerprint density at radius 1 is 1.17 bits per heavy atom. The molecule has 0 unspecified atom stereocenters. The van der Waals surface area contributed by atoms with Crippen LogP contribution in [0.5, 0.6) is 0 Å². The van der Waals surface area contributed by atoms with Gasteiger partial charge in [0.05, 0.1) is 11.2 Å². The van der Waals surface area contributed by atoms with Gasteiger partial charge >= 0.3 is 6.03 Å². The zero-order chi connectivity index (χ0) is 29.3. The van der Waals surface area contributed by atoms with Crippen LogP contribution < -0.4 is 4.72 Å². The van der Waals surface area contributed by atoms with Crippen LogP contribution in [0.3, 0.4) is 0 Å². The quantitative estimate of drug-likeness (QED) is 0.348. The second kappa shape index (κ2) is 9.87. The summed E-state index contributed by atoms with van der Waals surface area (Å²) in [6, 6.07) is 2.22. The van der Waals surface area contributed by atoms with Gasteiger partial charge in [0, 0.05) is 49.4 Å². The zero-order valence-electron chi connectivity index (χ0n) is 22.4. The molecule has 3 aromatic heterocycles. The highest BCUT2D eigenvalue weighted by molar-refractivity contribution is 7.89. The van der Waals surface area contributed by atoms with Crippen molar-refractivity contribution in [2.45, 2.75) is 55.4 Å². The Hall–Kier alpha value is -3.37. The van der Waals surface area contributed by atoms with E-state index in [2.05, 4.69) is 24.9 Å². The summed E-state index contributed by atoms with van der Waals surface area (Å²) in [7, 11) is -0.866. The average molecular weight is 609 g/mol. The van der Waals surface area contributed by atoms with Gasteiger partial charge in [-0.3, -0.25) is 4.57 Å². The Balaban J connectivity index is 1.53. The molecule has 0 bridgehead atoms. The number of aromatic nitrogens is 5. The molecule has 0 spiro atoms. The number of benzene rings is 1. The number of likely N-dealkylation sites (tertiary alicyclic amines) is 1. The first-order chi connectivity index (χ1) is 19.4. The maximum Gasteiger partial charge on any atom is 0.319 e. The SMILES string of the molecule is CN(C)C(=O)N1CCC(c2ncnc3c2c2cc(F)c(S(=O)(=O)NC4(C)CC4)cc2n3-c2nnc(C(F)F)s2)CC1. The number of hydrogen-bond acceptors (Lipinski definition) is 8. The Morgan fingerprint density at radius 2 is 1.88 bits per heavy atom. The first-order valence-electron chi connectivity index (χ1n) is 13.0. The number of urea groups is 1. The molecule has 6 rings (SSSR count). The summed E-state index contributed by atoms with van der Waals surface area (Å²) in [6.45, 7) is 2.71. The van der Waals surface area contributed by atoms with Crippen molar-refractivity contribution < 1.29 is 26.4 Å². The summed E-state index contributed by atoms with van der Waals surface area (Å²) in [5.74, 6) is -1.07. The molecule has 1 saturated carbocycles. The van der Waals surface area contributed by atoms with Crippen LogP contribution >= 0.6 is 11.3 Å². The van der Waals surface area contributed by atoms with Gasteiger partial charge in [-0.2, -0.15) is 0 Å². The standard InChI is InChI=1S/C25H27F3N8O3S2/c1-25(6-7-25)33-41(38,39)17-11-16-14(10-15(17)26)18-19(13-4-8-35(9-5-13)24(37)34(2)3)29-12-30-21(18)36(16)23-32-31-22(40-23)20(27)28/h10-13,20,33H,4-9H2,1-3H3. The van der Waals surface area contributed by atoms with E-state index in [1.54, 1.807) is 25.9 Å².